The Morgan fingerprint density at radius 3 is 2.92 bits per heavy atom. The van der Waals surface area contributed by atoms with Gasteiger partial charge in [-0.15, -0.1) is 0 Å². The lowest BCUT2D eigenvalue weighted by Gasteiger charge is -2.36. The highest BCUT2D eigenvalue weighted by atomic mass is 16.3. The Hall–Kier alpha value is -0.600. The van der Waals surface area contributed by atoms with Crippen molar-refractivity contribution in [2.24, 2.45) is 11.7 Å². The van der Waals surface area contributed by atoms with Crippen LogP contribution in [0.1, 0.15) is 26.7 Å². The maximum absolute atomic E-state index is 10.1. The lowest BCUT2D eigenvalue weighted by molar-refractivity contribution is 0.0579. The van der Waals surface area contributed by atoms with E-state index in [1.165, 1.54) is 0 Å². The fourth-order valence-electron chi connectivity index (χ4n) is 1.78. The van der Waals surface area contributed by atoms with Crippen LogP contribution < -0.4 is 5.73 Å². The second-order valence-corrected chi connectivity index (χ2v) is 4.11. The van der Waals surface area contributed by atoms with E-state index in [1.54, 1.807) is 0 Å². The zero-order chi connectivity index (χ0) is 10.1. The SMILES string of the molecule is C=C(C)C1CC=C(C)C(O)(CN)C1. The smallest absolute Gasteiger partial charge is 0.0981 e. The van der Waals surface area contributed by atoms with E-state index in [0.717, 1.165) is 24.0 Å². The van der Waals surface area contributed by atoms with E-state index >= 15 is 0 Å². The molecule has 0 heterocycles. The number of aliphatic hydroxyl groups is 1. The van der Waals surface area contributed by atoms with Crippen LogP contribution in [-0.4, -0.2) is 17.3 Å². The second-order valence-electron chi connectivity index (χ2n) is 4.11. The number of allylic oxidation sites excluding steroid dienone is 2. The van der Waals surface area contributed by atoms with Crippen molar-refractivity contribution in [1.82, 2.24) is 0 Å². The summed E-state index contributed by atoms with van der Waals surface area (Å²) in [7, 11) is 0. The van der Waals surface area contributed by atoms with Crippen LogP contribution in [0, 0.1) is 5.92 Å². The summed E-state index contributed by atoms with van der Waals surface area (Å²) in [6.07, 6.45) is 3.79. The van der Waals surface area contributed by atoms with Crippen LogP contribution in [0.3, 0.4) is 0 Å². The van der Waals surface area contributed by atoms with Crippen molar-refractivity contribution in [2.75, 3.05) is 6.54 Å². The summed E-state index contributed by atoms with van der Waals surface area (Å²) >= 11 is 0. The van der Waals surface area contributed by atoms with Gasteiger partial charge in [0, 0.05) is 6.54 Å². The van der Waals surface area contributed by atoms with Crippen molar-refractivity contribution in [1.29, 1.82) is 0 Å². The van der Waals surface area contributed by atoms with Crippen molar-refractivity contribution in [3.63, 3.8) is 0 Å². The van der Waals surface area contributed by atoms with Gasteiger partial charge in [0.15, 0.2) is 0 Å². The van der Waals surface area contributed by atoms with Gasteiger partial charge in [-0.3, -0.25) is 0 Å². The molecule has 0 fully saturated rings. The summed E-state index contributed by atoms with van der Waals surface area (Å²) < 4.78 is 0. The van der Waals surface area contributed by atoms with E-state index in [2.05, 4.69) is 12.7 Å². The average molecular weight is 181 g/mol. The van der Waals surface area contributed by atoms with E-state index in [-0.39, 0.29) is 0 Å². The summed E-state index contributed by atoms with van der Waals surface area (Å²) in [4.78, 5) is 0. The monoisotopic (exact) mass is 181 g/mol. The molecular weight excluding hydrogens is 162 g/mol. The summed E-state index contributed by atoms with van der Waals surface area (Å²) in [6.45, 7) is 8.18. The lowest BCUT2D eigenvalue weighted by atomic mass is 9.76. The summed E-state index contributed by atoms with van der Waals surface area (Å²) in [5.41, 5.74) is 6.92. The molecule has 0 aromatic carbocycles. The highest BCUT2D eigenvalue weighted by molar-refractivity contribution is 5.22. The van der Waals surface area contributed by atoms with E-state index in [4.69, 9.17) is 5.73 Å². The van der Waals surface area contributed by atoms with Gasteiger partial charge in [-0.1, -0.05) is 18.2 Å². The molecule has 0 spiro atoms. The number of hydrogen-bond donors (Lipinski definition) is 2. The molecule has 2 atom stereocenters. The fraction of sp³-hybridized carbons (Fsp3) is 0.636. The van der Waals surface area contributed by atoms with Crippen LogP contribution in [0.2, 0.25) is 0 Å². The summed E-state index contributed by atoms with van der Waals surface area (Å²) in [5, 5.41) is 10.1. The first-order valence-corrected chi connectivity index (χ1v) is 4.74. The van der Waals surface area contributed by atoms with Gasteiger partial charge in [0.2, 0.25) is 0 Å². The number of hydrogen-bond acceptors (Lipinski definition) is 2. The van der Waals surface area contributed by atoms with Crippen LogP contribution in [0.4, 0.5) is 0 Å². The third-order valence-corrected chi connectivity index (χ3v) is 3.06. The minimum absolute atomic E-state index is 0.305. The van der Waals surface area contributed by atoms with Crippen LogP contribution >= 0.6 is 0 Å². The Kier molecular flexibility index (Phi) is 2.94. The minimum Gasteiger partial charge on any atom is -0.384 e. The van der Waals surface area contributed by atoms with Gasteiger partial charge in [0.25, 0.3) is 0 Å². The third-order valence-electron chi connectivity index (χ3n) is 3.06. The molecule has 3 N–H and O–H groups in total. The first-order valence-electron chi connectivity index (χ1n) is 4.74. The van der Waals surface area contributed by atoms with E-state index in [0.29, 0.717) is 12.5 Å². The second kappa shape index (κ2) is 3.64. The third kappa shape index (κ3) is 2.01. The number of nitrogens with two attached hydrogens (primary N) is 1. The molecule has 0 saturated carbocycles. The van der Waals surface area contributed by atoms with Crippen LogP contribution in [-0.2, 0) is 0 Å². The molecule has 13 heavy (non-hydrogen) atoms. The molecule has 0 aromatic heterocycles. The maximum atomic E-state index is 10.1. The molecule has 2 unspecified atom stereocenters. The molecule has 74 valence electrons. The van der Waals surface area contributed by atoms with Crippen molar-refractivity contribution < 1.29 is 5.11 Å². The lowest BCUT2D eigenvalue weighted by Crippen LogP contribution is -2.42. The summed E-state index contributed by atoms with van der Waals surface area (Å²) in [5.74, 6) is 0.386. The maximum Gasteiger partial charge on any atom is 0.0981 e. The normalized spacial score (nSPS) is 34.2. The van der Waals surface area contributed by atoms with Gasteiger partial charge in [-0.05, 0) is 38.2 Å². The Balaban J connectivity index is 2.83. The first kappa shape index (κ1) is 10.5. The zero-order valence-corrected chi connectivity index (χ0v) is 8.51. The van der Waals surface area contributed by atoms with Crippen molar-refractivity contribution >= 4 is 0 Å². The van der Waals surface area contributed by atoms with Gasteiger partial charge in [-0.25, -0.2) is 0 Å². The fourth-order valence-corrected chi connectivity index (χ4v) is 1.78. The van der Waals surface area contributed by atoms with Crippen molar-refractivity contribution in [3.8, 4) is 0 Å². The molecule has 0 saturated heterocycles. The molecular formula is C11H19NO. The van der Waals surface area contributed by atoms with Crippen LogP contribution in [0.25, 0.3) is 0 Å². The molecule has 0 bridgehead atoms. The molecule has 0 aromatic rings. The largest absolute Gasteiger partial charge is 0.384 e. The molecule has 0 amide bonds. The Labute approximate surface area is 80.1 Å². The minimum atomic E-state index is -0.790. The molecule has 1 rings (SSSR count). The molecule has 2 heteroatoms. The van der Waals surface area contributed by atoms with Gasteiger partial charge in [0.05, 0.1) is 5.60 Å². The van der Waals surface area contributed by atoms with E-state index in [9.17, 15) is 5.11 Å². The molecule has 1 aliphatic rings. The molecule has 2 nitrogen and oxygen atoms in total. The van der Waals surface area contributed by atoms with Gasteiger partial charge in [-0.2, -0.15) is 0 Å². The van der Waals surface area contributed by atoms with Crippen LogP contribution in [0.5, 0.6) is 0 Å². The van der Waals surface area contributed by atoms with Crippen molar-refractivity contribution in [2.45, 2.75) is 32.3 Å². The quantitative estimate of drug-likeness (QED) is 0.636. The van der Waals surface area contributed by atoms with Crippen molar-refractivity contribution in [3.05, 3.63) is 23.8 Å². The average Bonchev–Trinajstić information content (AvgIpc) is 2.09. The molecule has 0 radical (unpaired) electrons. The zero-order valence-electron chi connectivity index (χ0n) is 8.51. The predicted molar refractivity (Wildman–Crippen MR) is 55.3 cm³/mol. The number of rotatable bonds is 2. The highest BCUT2D eigenvalue weighted by Gasteiger charge is 2.33. The Morgan fingerprint density at radius 2 is 2.46 bits per heavy atom. The molecule has 1 aliphatic carbocycles. The van der Waals surface area contributed by atoms with Gasteiger partial charge >= 0.3 is 0 Å². The van der Waals surface area contributed by atoms with E-state index in [1.807, 2.05) is 13.8 Å². The molecule has 0 aliphatic heterocycles. The standard InChI is InChI=1S/C11H19NO/c1-8(2)10-5-4-9(3)11(13,6-10)7-12/h4,10,13H,1,5-7,12H2,2-3H3. The Bertz CT molecular complexity index is 244. The first-order chi connectivity index (χ1) is 5.99. The summed E-state index contributed by atoms with van der Waals surface area (Å²) in [6, 6.07) is 0. The Morgan fingerprint density at radius 1 is 1.85 bits per heavy atom. The van der Waals surface area contributed by atoms with E-state index < -0.39 is 5.60 Å². The topological polar surface area (TPSA) is 46.2 Å². The highest BCUT2D eigenvalue weighted by Crippen LogP contribution is 2.34. The predicted octanol–water partition coefficient (Wildman–Crippen LogP) is 1.61. The van der Waals surface area contributed by atoms with Gasteiger partial charge in [0.1, 0.15) is 0 Å². The van der Waals surface area contributed by atoms with Gasteiger partial charge < -0.3 is 10.8 Å². The van der Waals surface area contributed by atoms with Crippen LogP contribution in [0.15, 0.2) is 23.8 Å².